The van der Waals surface area contributed by atoms with Gasteiger partial charge in [0.2, 0.25) is 0 Å². The van der Waals surface area contributed by atoms with Crippen molar-refractivity contribution in [2.75, 3.05) is 18.6 Å². The van der Waals surface area contributed by atoms with Gasteiger partial charge in [-0.3, -0.25) is 0 Å². The number of hydrogen-bond acceptors (Lipinski definition) is 3. The molecular formula is C16H25NOS. The van der Waals surface area contributed by atoms with Crippen LogP contribution in [0, 0.1) is 6.92 Å². The highest BCUT2D eigenvalue weighted by Crippen LogP contribution is 2.34. The number of nitrogens with one attached hydrogen (secondary N) is 1. The molecule has 1 aromatic carbocycles. The summed E-state index contributed by atoms with van der Waals surface area (Å²) < 4.78 is 5.93. The number of thioether (sulfide) groups is 1. The van der Waals surface area contributed by atoms with Crippen molar-refractivity contribution < 1.29 is 4.74 Å². The molecule has 1 heterocycles. The molecule has 0 aromatic heterocycles. The van der Waals surface area contributed by atoms with E-state index in [1.54, 1.807) is 0 Å². The lowest BCUT2D eigenvalue weighted by atomic mass is 9.99. The Bertz CT molecular complexity index is 408. The minimum Gasteiger partial charge on any atom is -0.493 e. The van der Waals surface area contributed by atoms with E-state index < -0.39 is 0 Å². The van der Waals surface area contributed by atoms with Crippen LogP contribution in [0.25, 0.3) is 0 Å². The monoisotopic (exact) mass is 279 g/mol. The van der Waals surface area contributed by atoms with E-state index in [9.17, 15) is 0 Å². The first-order valence-electron chi connectivity index (χ1n) is 7.19. The van der Waals surface area contributed by atoms with Crippen molar-refractivity contribution in [3.8, 4) is 5.75 Å². The first-order valence-corrected chi connectivity index (χ1v) is 8.59. The van der Waals surface area contributed by atoms with E-state index in [1.807, 2.05) is 11.8 Å². The number of aryl methyl sites for hydroxylation is 1. The zero-order chi connectivity index (χ0) is 13.7. The molecule has 1 aromatic rings. The van der Waals surface area contributed by atoms with Gasteiger partial charge in [0.15, 0.2) is 0 Å². The Labute approximate surface area is 121 Å². The second-order valence-electron chi connectivity index (χ2n) is 5.39. The minimum atomic E-state index is 0.439. The molecule has 1 aliphatic rings. The van der Waals surface area contributed by atoms with Crippen molar-refractivity contribution in [1.82, 2.24) is 5.32 Å². The van der Waals surface area contributed by atoms with Crippen LogP contribution in [0.2, 0.25) is 0 Å². The number of ether oxygens (including phenoxy) is 1. The van der Waals surface area contributed by atoms with E-state index in [1.165, 1.54) is 29.7 Å². The van der Waals surface area contributed by atoms with Crippen molar-refractivity contribution in [1.29, 1.82) is 0 Å². The molecule has 0 radical (unpaired) electrons. The summed E-state index contributed by atoms with van der Waals surface area (Å²) >= 11 is 1.92. The molecule has 2 nitrogen and oxygen atoms in total. The van der Waals surface area contributed by atoms with Crippen LogP contribution in [0.3, 0.4) is 0 Å². The van der Waals surface area contributed by atoms with Crippen LogP contribution in [-0.4, -0.2) is 24.7 Å². The smallest absolute Gasteiger partial charge is 0.126 e. The second kappa shape index (κ2) is 7.20. The van der Waals surface area contributed by atoms with Crippen molar-refractivity contribution in [2.24, 2.45) is 0 Å². The van der Waals surface area contributed by atoms with Crippen LogP contribution in [-0.2, 0) is 0 Å². The van der Waals surface area contributed by atoms with Crippen LogP contribution in [0.1, 0.15) is 43.4 Å². The summed E-state index contributed by atoms with van der Waals surface area (Å²) in [6.45, 7) is 5.27. The molecule has 0 amide bonds. The molecule has 0 saturated heterocycles. The van der Waals surface area contributed by atoms with E-state index in [0.29, 0.717) is 12.1 Å². The summed E-state index contributed by atoms with van der Waals surface area (Å²) in [6.07, 6.45) is 5.69. The highest BCUT2D eigenvalue weighted by molar-refractivity contribution is 7.98. The summed E-state index contributed by atoms with van der Waals surface area (Å²) in [4.78, 5) is 0. The highest BCUT2D eigenvalue weighted by atomic mass is 32.2. The maximum absolute atomic E-state index is 5.93. The zero-order valence-corrected chi connectivity index (χ0v) is 13.1. The standard InChI is InChI=1S/C16H25NOS/c1-12-6-4-7-14-15(8-5-10-18-16(12)14)17-13(2)9-11-19-3/h4,6-7,13,15,17H,5,8-11H2,1-3H3. The van der Waals surface area contributed by atoms with Crippen LogP contribution in [0.15, 0.2) is 18.2 Å². The van der Waals surface area contributed by atoms with Gasteiger partial charge in [0.1, 0.15) is 5.75 Å². The first-order chi connectivity index (χ1) is 9.22. The predicted octanol–water partition coefficient (Wildman–Crippen LogP) is 3.94. The van der Waals surface area contributed by atoms with Crippen LogP contribution >= 0.6 is 11.8 Å². The number of hydrogen-bond donors (Lipinski definition) is 1. The average Bonchev–Trinajstić information content (AvgIpc) is 2.60. The van der Waals surface area contributed by atoms with E-state index in [2.05, 4.69) is 43.6 Å². The van der Waals surface area contributed by atoms with Gasteiger partial charge in [-0.1, -0.05) is 18.2 Å². The Hall–Kier alpha value is -0.670. The van der Waals surface area contributed by atoms with Gasteiger partial charge in [-0.2, -0.15) is 11.8 Å². The van der Waals surface area contributed by atoms with Gasteiger partial charge >= 0.3 is 0 Å². The zero-order valence-electron chi connectivity index (χ0n) is 12.2. The molecule has 0 saturated carbocycles. The van der Waals surface area contributed by atoms with Gasteiger partial charge in [0.05, 0.1) is 6.61 Å². The van der Waals surface area contributed by atoms with Gasteiger partial charge in [0.25, 0.3) is 0 Å². The van der Waals surface area contributed by atoms with Crippen molar-refractivity contribution in [3.63, 3.8) is 0 Å². The van der Waals surface area contributed by atoms with Crippen molar-refractivity contribution in [3.05, 3.63) is 29.3 Å². The highest BCUT2D eigenvalue weighted by Gasteiger charge is 2.21. The van der Waals surface area contributed by atoms with Gasteiger partial charge < -0.3 is 10.1 Å². The van der Waals surface area contributed by atoms with Gasteiger partial charge in [-0.05, 0) is 50.7 Å². The number of para-hydroxylation sites is 1. The second-order valence-corrected chi connectivity index (χ2v) is 6.37. The summed E-state index contributed by atoms with van der Waals surface area (Å²) in [5, 5.41) is 3.78. The Balaban J connectivity index is 2.11. The van der Waals surface area contributed by atoms with E-state index in [0.717, 1.165) is 18.8 Å². The fourth-order valence-electron chi connectivity index (χ4n) is 2.66. The lowest BCUT2D eigenvalue weighted by Crippen LogP contribution is -2.31. The Morgan fingerprint density at radius 3 is 3.11 bits per heavy atom. The van der Waals surface area contributed by atoms with Crippen LogP contribution < -0.4 is 10.1 Å². The maximum atomic E-state index is 5.93. The molecule has 3 heteroatoms. The Morgan fingerprint density at radius 2 is 2.32 bits per heavy atom. The molecule has 1 aliphatic heterocycles. The molecule has 1 N–H and O–H groups in total. The third-order valence-electron chi connectivity index (χ3n) is 3.74. The normalized spacial score (nSPS) is 20.3. The molecule has 0 fully saturated rings. The minimum absolute atomic E-state index is 0.439. The molecule has 2 rings (SSSR count). The summed E-state index contributed by atoms with van der Waals surface area (Å²) in [6, 6.07) is 7.49. The quantitative estimate of drug-likeness (QED) is 0.882. The first kappa shape index (κ1) is 14.7. The molecule has 19 heavy (non-hydrogen) atoms. The largest absolute Gasteiger partial charge is 0.493 e. The Morgan fingerprint density at radius 1 is 1.47 bits per heavy atom. The molecule has 2 unspecified atom stereocenters. The van der Waals surface area contributed by atoms with Gasteiger partial charge in [-0.25, -0.2) is 0 Å². The molecule has 2 atom stereocenters. The van der Waals surface area contributed by atoms with Crippen LogP contribution in [0.5, 0.6) is 5.75 Å². The van der Waals surface area contributed by atoms with Gasteiger partial charge in [0, 0.05) is 17.6 Å². The van der Waals surface area contributed by atoms with E-state index in [-0.39, 0.29) is 0 Å². The fourth-order valence-corrected chi connectivity index (χ4v) is 3.25. The van der Waals surface area contributed by atoms with E-state index >= 15 is 0 Å². The van der Waals surface area contributed by atoms with Crippen molar-refractivity contribution in [2.45, 2.75) is 45.2 Å². The third kappa shape index (κ3) is 3.90. The van der Waals surface area contributed by atoms with Crippen LogP contribution in [0.4, 0.5) is 0 Å². The summed E-state index contributed by atoms with van der Waals surface area (Å²) in [5.74, 6) is 2.33. The van der Waals surface area contributed by atoms with Crippen molar-refractivity contribution >= 4 is 11.8 Å². The maximum Gasteiger partial charge on any atom is 0.126 e. The molecular weight excluding hydrogens is 254 g/mol. The van der Waals surface area contributed by atoms with Gasteiger partial charge in [-0.15, -0.1) is 0 Å². The third-order valence-corrected chi connectivity index (χ3v) is 4.39. The fraction of sp³-hybridized carbons (Fsp3) is 0.625. The summed E-state index contributed by atoms with van der Waals surface area (Å²) in [7, 11) is 0. The number of rotatable bonds is 5. The lowest BCUT2D eigenvalue weighted by Gasteiger charge is -2.23. The molecule has 0 bridgehead atoms. The molecule has 106 valence electrons. The Kier molecular flexibility index (Phi) is 5.59. The predicted molar refractivity (Wildman–Crippen MR) is 84.2 cm³/mol. The number of benzene rings is 1. The summed E-state index contributed by atoms with van der Waals surface area (Å²) in [5.41, 5.74) is 2.59. The molecule has 0 aliphatic carbocycles. The van der Waals surface area contributed by atoms with E-state index in [4.69, 9.17) is 4.74 Å². The lowest BCUT2D eigenvalue weighted by molar-refractivity contribution is 0.312. The number of fused-ring (bicyclic) bond motifs is 1. The topological polar surface area (TPSA) is 21.3 Å². The molecule has 0 spiro atoms. The average molecular weight is 279 g/mol. The SMILES string of the molecule is CSCCC(C)NC1CCCOc2c(C)cccc21.